The van der Waals surface area contributed by atoms with Gasteiger partial charge in [0.05, 0.1) is 4.88 Å². The Morgan fingerprint density at radius 1 is 1.04 bits per heavy atom. The number of nitrogens with zero attached hydrogens (tertiary/aromatic N) is 2. The number of hydrogen-bond acceptors (Lipinski definition) is 4. The van der Waals surface area contributed by atoms with Crippen LogP contribution in [-0.2, 0) is 4.79 Å². The Kier molecular flexibility index (Phi) is 7.01. The summed E-state index contributed by atoms with van der Waals surface area (Å²) in [6.45, 7) is 8.53. The number of rotatable bonds is 8. The van der Waals surface area contributed by atoms with Crippen LogP contribution in [0.15, 0.2) is 41.8 Å². The van der Waals surface area contributed by atoms with Crippen LogP contribution in [0.2, 0.25) is 0 Å². The molecule has 25 heavy (non-hydrogen) atoms. The fourth-order valence-electron chi connectivity index (χ4n) is 2.68. The van der Waals surface area contributed by atoms with Gasteiger partial charge in [0.1, 0.15) is 0 Å². The normalized spacial score (nSPS) is 10.4. The molecule has 0 atom stereocenters. The number of carbonyl (C=O) groups excluding carboxylic acids is 2. The van der Waals surface area contributed by atoms with E-state index in [-0.39, 0.29) is 11.8 Å². The zero-order valence-corrected chi connectivity index (χ0v) is 15.8. The highest BCUT2D eigenvalue weighted by Crippen LogP contribution is 2.21. The highest BCUT2D eigenvalue weighted by molar-refractivity contribution is 7.12. The molecule has 0 aliphatic rings. The lowest BCUT2D eigenvalue weighted by Crippen LogP contribution is -2.37. The number of benzene rings is 1. The van der Waals surface area contributed by atoms with E-state index in [0.29, 0.717) is 18.0 Å². The number of hydrogen-bond donors (Lipinski definition) is 1. The third-order valence-electron chi connectivity index (χ3n) is 4.04. The van der Waals surface area contributed by atoms with E-state index < -0.39 is 0 Å². The molecule has 1 N–H and O–H groups in total. The molecule has 0 bridgehead atoms. The van der Waals surface area contributed by atoms with Crippen molar-refractivity contribution in [1.82, 2.24) is 5.32 Å². The quantitative estimate of drug-likeness (QED) is 0.786. The molecule has 0 aliphatic heterocycles. The smallest absolute Gasteiger partial charge is 0.261 e. The summed E-state index contributed by atoms with van der Waals surface area (Å²) >= 11 is 1.40. The van der Waals surface area contributed by atoms with Crippen molar-refractivity contribution in [2.75, 3.05) is 36.0 Å². The summed E-state index contributed by atoms with van der Waals surface area (Å²) < 4.78 is 0. The monoisotopic (exact) mass is 359 g/mol. The van der Waals surface area contributed by atoms with Crippen molar-refractivity contribution in [3.63, 3.8) is 0 Å². The molecule has 0 radical (unpaired) electrons. The maximum Gasteiger partial charge on any atom is 0.261 e. The predicted molar refractivity (Wildman–Crippen MR) is 105 cm³/mol. The average Bonchev–Trinajstić information content (AvgIpc) is 3.15. The van der Waals surface area contributed by atoms with Crippen molar-refractivity contribution in [3.8, 4) is 0 Å². The molecule has 1 aromatic heterocycles. The first-order valence-electron chi connectivity index (χ1n) is 8.51. The minimum atomic E-state index is -0.101. The Bertz CT molecular complexity index is 679. The molecule has 2 aromatic rings. The fourth-order valence-corrected chi connectivity index (χ4v) is 3.32. The molecule has 1 heterocycles. The summed E-state index contributed by atoms with van der Waals surface area (Å²) in [7, 11) is 0. The summed E-state index contributed by atoms with van der Waals surface area (Å²) in [4.78, 5) is 28.6. The molecule has 0 saturated carbocycles. The number of carbonyl (C=O) groups is 2. The van der Waals surface area contributed by atoms with Gasteiger partial charge in [-0.15, -0.1) is 11.3 Å². The van der Waals surface area contributed by atoms with Crippen molar-refractivity contribution in [1.29, 1.82) is 0 Å². The minimum Gasteiger partial charge on any atom is -0.372 e. The van der Waals surface area contributed by atoms with Crippen LogP contribution in [0, 0.1) is 0 Å². The standard InChI is InChI=1S/C19H25N3O2S/c1-4-21(5-2)16-8-10-17(11-9-16)22(15(3)23)13-12-20-19(24)18-7-6-14-25-18/h6-11,14H,4-5,12-13H2,1-3H3,(H,20,24). The Hall–Kier alpha value is -2.34. The van der Waals surface area contributed by atoms with Gasteiger partial charge in [0.25, 0.3) is 5.91 Å². The molecular formula is C19H25N3O2S. The minimum absolute atomic E-state index is 0.0408. The highest BCUT2D eigenvalue weighted by Gasteiger charge is 2.13. The molecule has 0 saturated heterocycles. The van der Waals surface area contributed by atoms with E-state index in [4.69, 9.17) is 0 Å². The van der Waals surface area contributed by atoms with Crippen molar-refractivity contribution < 1.29 is 9.59 Å². The van der Waals surface area contributed by atoms with Crippen LogP contribution < -0.4 is 15.1 Å². The van der Waals surface area contributed by atoms with Gasteiger partial charge in [0, 0.05) is 44.5 Å². The van der Waals surface area contributed by atoms with Crippen LogP contribution in [0.1, 0.15) is 30.4 Å². The molecule has 2 amide bonds. The summed E-state index contributed by atoms with van der Waals surface area (Å²) in [5.74, 6) is -0.142. The number of amides is 2. The lowest BCUT2D eigenvalue weighted by Gasteiger charge is -2.24. The van der Waals surface area contributed by atoms with Crippen LogP contribution in [0.3, 0.4) is 0 Å². The Labute approximate surface area is 153 Å². The van der Waals surface area contributed by atoms with Crippen molar-refractivity contribution in [2.24, 2.45) is 0 Å². The zero-order valence-electron chi connectivity index (χ0n) is 15.0. The molecule has 134 valence electrons. The van der Waals surface area contributed by atoms with Gasteiger partial charge in [-0.3, -0.25) is 9.59 Å². The van der Waals surface area contributed by atoms with Crippen LogP contribution in [0.25, 0.3) is 0 Å². The number of thiophene rings is 1. The molecule has 0 fully saturated rings. The third-order valence-corrected chi connectivity index (χ3v) is 4.90. The first-order chi connectivity index (χ1) is 12.1. The molecule has 0 aliphatic carbocycles. The van der Waals surface area contributed by atoms with E-state index in [0.717, 1.165) is 24.5 Å². The molecule has 1 aromatic carbocycles. The highest BCUT2D eigenvalue weighted by atomic mass is 32.1. The van der Waals surface area contributed by atoms with Gasteiger partial charge < -0.3 is 15.1 Å². The maximum absolute atomic E-state index is 12.0. The lowest BCUT2D eigenvalue weighted by atomic mass is 10.2. The largest absolute Gasteiger partial charge is 0.372 e. The summed E-state index contributed by atoms with van der Waals surface area (Å²) in [5.41, 5.74) is 1.98. The van der Waals surface area contributed by atoms with Gasteiger partial charge in [-0.2, -0.15) is 0 Å². The van der Waals surface area contributed by atoms with Gasteiger partial charge in [-0.25, -0.2) is 0 Å². The second kappa shape index (κ2) is 9.22. The number of anilines is 2. The Morgan fingerprint density at radius 2 is 1.68 bits per heavy atom. The van der Waals surface area contributed by atoms with Gasteiger partial charge >= 0.3 is 0 Å². The van der Waals surface area contributed by atoms with E-state index >= 15 is 0 Å². The van der Waals surface area contributed by atoms with Gasteiger partial charge in [0.2, 0.25) is 5.91 Å². The zero-order chi connectivity index (χ0) is 18.2. The lowest BCUT2D eigenvalue weighted by molar-refractivity contribution is -0.116. The second-order valence-corrected chi connectivity index (χ2v) is 6.54. The van der Waals surface area contributed by atoms with Gasteiger partial charge in [0.15, 0.2) is 0 Å². The van der Waals surface area contributed by atoms with Gasteiger partial charge in [-0.1, -0.05) is 6.07 Å². The predicted octanol–water partition coefficient (Wildman–Crippen LogP) is 3.38. The summed E-state index contributed by atoms with van der Waals surface area (Å²) in [6, 6.07) is 11.6. The third kappa shape index (κ3) is 5.06. The maximum atomic E-state index is 12.0. The molecule has 6 heteroatoms. The van der Waals surface area contributed by atoms with E-state index in [1.165, 1.54) is 11.3 Å². The van der Waals surface area contributed by atoms with Crippen LogP contribution in [0.4, 0.5) is 11.4 Å². The van der Waals surface area contributed by atoms with Crippen molar-refractivity contribution in [2.45, 2.75) is 20.8 Å². The SMILES string of the molecule is CCN(CC)c1ccc(N(CCNC(=O)c2cccs2)C(C)=O)cc1. The van der Waals surface area contributed by atoms with Crippen molar-refractivity contribution in [3.05, 3.63) is 46.7 Å². The molecule has 0 unspecified atom stereocenters. The topological polar surface area (TPSA) is 52.6 Å². The first kappa shape index (κ1) is 19.0. The first-order valence-corrected chi connectivity index (χ1v) is 9.39. The number of nitrogens with one attached hydrogen (secondary N) is 1. The average molecular weight is 359 g/mol. The molecular weight excluding hydrogens is 334 g/mol. The van der Waals surface area contributed by atoms with Crippen LogP contribution in [-0.4, -0.2) is 38.0 Å². The van der Waals surface area contributed by atoms with Gasteiger partial charge in [-0.05, 0) is 49.6 Å². The van der Waals surface area contributed by atoms with Crippen LogP contribution in [0.5, 0.6) is 0 Å². The Balaban J connectivity index is 1.98. The molecule has 5 nitrogen and oxygen atoms in total. The van der Waals surface area contributed by atoms with E-state index in [9.17, 15) is 9.59 Å². The molecule has 0 spiro atoms. The summed E-state index contributed by atoms with van der Waals surface area (Å²) in [6.07, 6.45) is 0. The van der Waals surface area contributed by atoms with E-state index in [1.54, 1.807) is 17.9 Å². The fraction of sp³-hybridized carbons (Fsp3) is 0.368. The second-order valence-electron chi connectivity index (χ2n) is 5.59. The molecule has 2 rings (SSSR count). The Morgan fingerprint density at radius 3 is 2.20 bits per heavy atom. The van der Waals surface area contributed by atoms with E-state index in [1.807, 2.05) is 35.7 Å². The summed E-state index contributed by atoms with van der Waals surface area (Å²) in [5, 5.41) is 4.73. The van der Waals surface area contributed by atoms with E-state index in [2.05, 4.69) is 24.1 Å². The van der Waals surface area contributed by atoms with Crippen LogP contribution >= 0.6 is 11.3 Å². The van der Waals surface area contributed by atoms with Crippen molar-refractivity contribution >= 4 is 34.5 Å².